The monoisotopic (exact) mass is 466 g/mol. The molecule has 3 rings (SSSR count). The number of halogens is 3. The van der Waals surface area contributed by atoms with E-state index in [0.29, 0.717) is 5.56 Å². The first-order chi connectivity index (χ1) is 14.9. The highest BCUT2D eigenvalue weighted by atomic mass is 19.1. The molecule has 0 bridgehead atoms. The molecular formula is C19H25F3N2O8. The van der Waals surface area contributed by atoms with Crippen molar-refractivity contribution >= 4 is 17.8 Å². The number of aliphatic hydroxyl groups excluding tert-OH is 2. The van der Waals surface area contributed by atoms with Gasteiger partial charge in [-0.3, -0.25) is 4.79 Å². The molecule has 0 spiro atoms. The van der Waals surface area contributed by atoms with Gasteiger partial charge < -0.3 is 36.6 Å². The molecule has 1 aromatic carbocycles. The third kappa shape index (κ3) is 7.35. The summed E-state index contributed by atoms with van der Waals surface area (Å²) < 4.78 is 44.1. The Morgan fingerprint density at radius 1 is 1.09 bits per heavy atom. The number of aliphatic hydroxyl groups is 2. The average Bonchev–Trinajstić information content (AvgIpc) is 3.60. The minimum absolute atomic E-state index is 0.0104. The summed E-state index contributed by atoms with van der Waals surface area (Å²) in [5.41, 5.74) is 9.45. The molecule has 1 aliphatic carbocycles. The van der Waals surface area contributed by atoms with E-state index in [2.05, 4.69) is 0 Å². The van der Waals surface area contributed by atoms with Crippen LogP contribution in [0.4, 0.5) is 13.2 Å². The van der Waals surface area contributed by atoms with Crippen LogP contribution in [0.3, 0.4) is 0 Å². The number of nitrogens with two attached hydrogens (primary N) is 2. The zero-order valence-electron chi connectivity index (χ0n) is 16.8. The van der Waals surface area contributed by atoms with Gasteiger partial charge in [-0.2, -0.15) is 0 Å². The van der Waals surface area contributed by atoms with Crippen molar-refractivity contribution in [3.8, 4) is 5.75 Å². The van der Waals surface area contributed by atoms with Gasteiger partial charge in [-0.1, -0.05) is 12.1 Å². The fourth-order valence-electron chi connectivity index (χ4n) is 2.53. The third-order valence-electron chi connectivity index (χ3n) is 4.58. The van der Waals surface area contributed by atoms with E-state index >= 15 is 0 Å². The zero-order chi connectivity index (χ0) is 24.6. The van der Waals surface area contributed by atoms with Crippen LogP contribution in [0.1, 0.15) is 30.9 Å². The van der Waals surface area contributed by atoms with Gasteiger partial charge in [0, 0.05) is 23.9 Å². The average molecular weight is 466 g/mol. The number of hydrogen-bond acceptors (Lipinski definition) is 7. The van der Waals surface area contributed by atoms with Crippen molar-refractivity contribution in [3.63, 3.8) is 0 Å². The lowest BCUT2D eigenvalue weighted by molar-refractivity contribution is -0.165. The number of benzene rings is 1. The predicted molar refractivity (Wildman–Crippen MR) is 102 cm³/mol. The molecule has 10 nitrogen and oxygen atoms in total. The van der Waals surface area contributed by atoms with Crippen LogP contribution in [0.5, 0.6) is 5.75 Å². The van der Waals surface area contributed by atoms with Crippen LogP contribution in [0.2, 0.25) is 0 Å². The summed E-state index contributed by atoms with van der Waals surface area (Å²) in [6.45, 7) is -2.05. The van der Waals surface area contributed by atoms with E-state index in [9.17, 15) is 27.6 Å². The first-order valence-electron chi connectivity index (χ1n) is 9.35. The number of alkyl halides is 2. The topological polar surface area (TPSA) is 193 Å². The van der Waals surface area contributed by atoms with Crippen LogP contribution in [0.15, 0.2) is 18.2 Å². The van der Waals surface area contributed by atoms with E-state index in [1.165, 1.54) is 12.1 Å². The molecule has 2 aliphatic rings. The quantitative estimate of drug-likeness (QED) is 0.336. The molecule has 3 atom stereocenters. The third-order valence-corrected chi connectivity index (χ3v) is 4.58. The molecule has 0 saturated heterocycles. The second-order valence-corrected chi connectivity index (χ2v) is 7.26. The summed E-state index contributed by atoms with van der Waals surface area (Å²) in [6, 6.07) is 3.67. The molecule has 1 aliphatic heterocycles. The summed E-state index contributed by atoms with van der Waals surface area (Å²) in [4.78, 5) is 29.5. The molecule has 180 valence electrons. The number of ether oxygens (including phenoxy) is 1. The molecule has 1 saturated carbocycles. The molecule has 0 radical (unpaired) electrons. The Kier molecular flexibility index (Phi) is 9.87. The van der Waals surface area contributed by atoms with Crippen molar-refractivity contribution in [2.24, 2.45) is 17.4 Å². The van der Waals surface area contributed by atoms with Crippen LogP contribution >= 0.6 is 0 Å². The number of rotatable bonds is 6. The minimum Gasteiger partial charge on any atom is -0.479 e. The number of carboxylic acids is 2. The molecular weight excluding hydrogens is 441 g/mol. The van der Waals surface area contributed by atoms with E-state index in [4.69, 9.17) is 36.6 Å². The van der Waals surface area contributed by atoms with Crippen molar-refractivity contribution in [2.45, 2.75) is 43.1 Å². The highest BCUT2D eigenvalue weighted by Gasteiger charge is 2.41. The van der Waals surface area contributed by atoms with Gasteiger partial charge in [-0.25, -0.2) is 22.8 Å². The largest absolute Gasteiger partial charge is 0.479 e. The maximum absolute atomic E-state index is 13.4. The summed E-state index contributed by atoms with van der Waals surface area (Å²) in [7, 11) is 0. The molecule has 1 aromatic rings. The minimum atomic E-state index is -2.27. The summed E-state index contributed by atoms with van der Waals surface area (Å²) in [5, 5.41) is 32.5. The van der Waals surface area contributed by atoms with Crippen LogP contribution in [0.25, 0.3) is 0 Å². The fraction of sp³-hybridized carbons (Fsp3) is 0.526. The van der Waals surface area contributed by atoms with Crippen molar-refractivity contribution < 1.29 is 52.7 Å². The number of carbonyl (C=O) groups excluding carboxylic acids is 1. The smallest absolute Gasteiger partial charge is 0.335 e. The molecule has 8 N–H and O–H groups in total. The predicted octanol–water partition coefficient (Wildman–Crippen LogP) is 0.0449. The number of fused-ring (bicyclic) bond motifs is 1. The Morgan fingerprint density at radius 2 is 1.59 bits per heavy atom. The highest BCUT2D eigenvalue weighted by Crippen LogP contribution is 2.40. The Bertz CT molecular complexity index is 800. The standard InChI is InChI=1S/C11H12F3NO.C4H7NO.C4H6O6/c12-5-11(6-13)4-9(15)7-2-1-3-8(14)10(7)16-11;5-4(6)3-1-2-3;5-1(3(7)8)2(6)4(9)10/h1-3,9H,4-6,15H2;3H,1-2H2,(H2,5,6);1-2,5-6H,(H,7,8)(H,9,10)/t9-;;1-,2-/m1.0/s1. The van der Waals surface area contributed by atoms with E-state index in [1.807, 2.05) is 0 Å². The van der Waals surface area contributed by atoms with E-state index in [0.717, 1.165) is 12.8 Å². The first kappa shape index (κ1) is 27.1. The van der Waals surface area contributed by atoms with Crippen molar-refractivity contribution in [2.75, 3.05) is 13.3 Å². The number of para-hydroxylation sites is 1. The lowest BCUT2D eigenvalue weighted by atomic mass is 9.89. The Balaban J connectivity index is 0.000000272. The van der Waals surface area contributed by atoms with E-state index < -0.39 is 55.0 Å². The Hall–Kier alpha value is -2.90. The van der Waals surface area contributed by atoms with E-state index in [1.54, 1.807) is 6.07 Å². The second kappa shape index (κ2) is 11.6. The molecule has 32 heavy (non-hydrogen) atoms. The van der Waals surface area contributed by atoms with Crippen molar-refractivity contribution in [3.05, 3.63) is 29.6 Å². The van der Waals surface area contributed by atoms with E-state index in [-0.39, 0.29) is 24.0 Å². The highest BCUT2D eigenvalue weighted by molar-refractivity contribution is 5.83. The van der Waals surface area contributed by atoms with Crippen LogP contribution < -0.4 is 16.2 Å². The van der Waals surface area contributed by atoms with Gasteiger partial charge in [0.1, 0.15) is 13.3 Å². The summed E-state index contributed by atoms with van der Waals surface area (Å²) in [5.74, 6) is -4.19. The van der Waals surface area contributed by atoms with Crippen LogP contribution in [0, 0.1) is 11.7 Å². The SMILES string of the molecule is NC(=O)C1CC1.N[C@@H]1CC(CF)(CF)Oc2c(F)cccc21.O=C(O)[C@@H](O)[C@H](O)C(=O)O. The first-order valence-corrected chi connectivity index (χ1v) is 9.35. The van der Waals surface area contributed by atoms with Crippen molar-refractivity contribution in [1.82, 2.24) is 0 Å². The fourth-order valence-corrected chi connectivity index (χ4v) is 2.53. The van der Waals surface area contributed by atoms with Gasteiger partial charge in [-0.05, 0) is 18.9 Å². The number of carbonyl (C=O) groups is 3. The second-order valence-electron chi connectivity index (χ2n) is 7.26. The normalized spacial score (nSPS) is 20.0. The molecule has 1 heterocycles. The van der Waals surface area contributed by atoms with Crippen LogP contribution in [-0.4, -0.2) is 69.4 Å². The van der Waals surface area contributed by atoms with Crippen molar-refractivity contribution in [1.29, 1.82) is 0 Å². The van der Waals surface area contributed by atoms with Gasteiger partial charge in [0.05, 0.1) is 0 Å². The molecule has 0 aromatic heterocycles. The molecule has 0 unspecified atom stereocenters. The number of amides is 1. The molecule has 13 heteroatoms. The van der Waals surface area contributed by atoms with Gasteiger partial charge in [0.15, 0.2) is 29.4 Å². The number of primary amides is 1. The Labute approximate surface area is 180 Å². The van der Waals surface area contributed by atoms with Gasteiger partial charge in [0.25, 0.3) is 0 Å². The lowest BCUT2D eigenvalue weighted by Crippen LogP contribution is -2.47. The summed E-state index contributed by atoms with van der Waals surface area (Å²) >= 11 is 0. The number of aliphatic carboxylic acids is 2. The number of carboxylic acid groups (broad SMARTS) is 2. The number of hydrogen-bond donors (Lipinski definition) is 6. The van der Waals surface area contributed by atoms with Gasteiger partial charge in [0.2, 0.25) is 5.91 Å². The maximum atomic E-state index is 13.4. The van der Waals surface area contributed by atoms with Gasteiger partial charge in [-0.15, -0.1) is 0 Å². The van der Waals surface area contributed by atoms with Crippen LogP contribution in [-0.2, 0) is 14.4 Å². The molecule has 1 amide bonds. The molecule has 1 fully saturated rings. The lowest BCUT2D eigenvalue weighted by Gasteiger charge is -2.37. The summed E-state index contributed by atoms with van der Waals surface area (Å²) in [6.07, 6.45) is -2.48. The zero-order valence-corrected chi connectivity index (χ0v) is 16.8. The Morgan fingerprint density at radius 3 is 1.94 bits per heavy atom. The van der Waals surface area contributed by atoms with Gasteiger partial charge >= 0.3 is 11.9 Å². The maximum Gasteiger partial charge on any atom is 0.335 e.